The quantitative estimate of drug-likeness (QED) is 0.0125. The van der Waals surface area contributed by atoms with E-state index in [-0.39, 0.29) is 24.1 Å². The number of hydrogen-bond acceptors (Lipinski definition) is 9. The fourth-order valence-electron chi connectivity index (χ4n) is 4.79. The molecule has 0 saturated carbocycles. The topological polar surface area (TPSA) is 140 Å². The minimum Gasteiger partial charge on any atom is -0.741 e. The number of nitrogens with zero attached hydrogens (tertiary/aromatic N) is 4. The zero-order chi connectivity index (χ0) is 42.2. The van der Waals surface area contributed by atoms with Gasteiger partial charge in [-0.15, -0.1) is 0 Å². The predicted octanol–water partition coefficient (Wildman–Crippen LogP) is 9.88. The number of non-ortho nitro benzene ring substituents is 1. The molecule has 0 unspecified atom stereocenters. The van der Waals surface area contributed by atoms with Gasteiger partial charge in [0.15, 0.2) is 21.2 Å². The Hall–Kier alpha value is -4.26. The van der Waals surface area contributed by atoms with Gasteiger partial charge in [-0.2, -0.15) is 26.3 Å². The molecule has 19 heteroatoms. The number of hydrogen-bond donors (Lipinski definition) is 0. The Bertz CT molecular complexity index is 1890. The number of ether oxygens (including phenoxy) is 2. The van der Waals surface area contributed by atoms with Crippen molar-refractivity contribution in [2.75, 3.05) is 19.8 Å². The Labute approximate surface area is 335 Å². The summed E-state index contributed by atoms with van der Waals surface area (Å²) in [5.41, 5.74) is -2.94. The second-order valence-electron chi connectivity index (χ2n) is 11.9. The van der Waals surface area contributed by atoms with Crippen LogP contribution in [0.5, 0.6) is 0 Å². The molecule has 1 heterocycles. The second kappa shape index (κ2) is 27.4. The number of benzene rings is 3. The Balaban J connectivity index is 0.000000754. The summed E-state index contributed by atoms with van der Waals surface area (Å²) in [6.45, 7) is 6.20. The number of halogens is 6. The summed E-state index contributed by atoms with van der Waals surface area (Å²) in [5, 5.41) is 13.0. The Morgan fingerprint density at radius 2 is 1.32 bits per heavy atom. The van der Waals surface area contributed by atoms with Crippen LogP contribution in [0.15, 0.2) is 83.9 Å². The molecule has 57 heavy (non-hydrogen) atoms. The van der Waals surface area contributed by atoms with Crippen LogP contribution < -0.4 is 4.57 Å². The molecule has 0 aliphatic rings. The fraction of sp³-hybridized carbons (Fsp3) is 0.474. The van der Waals surface area contributed by atoms with Gasteiger partial charge in [-0.25, -0.2) is 22.5 Å². The third-order valence-corrected chi connectivity index (χ3v) is 8.25. The third-order valence-electron chi connectivity index (χ3n) is 7.55. The van der Waals surface area contributed by atoms with E-state index in [0.29, 0.717) is 6.61 Å². The molecule has 1 aromatic heterocycles. The van der Waals surface area contributed by atoms with Crippen molar-refractivity contribution in [2.45, 2.75) is 84.2 Å². The van der Waals surface area contributed by atoms with E-state index in [1.165, 1.54) is 63.0 Å². The van der Waals surface area contributed by atoms with Gasteiger partial charge < -0.3 is 14.0 Å². The number of aryl methyl sites for hydroxylation is 2. The van der Waals surface area contributed by atoms with Gasteiger partial charge >= 0.3 is 17.5 Å². The van der Waals surface area contributed by atoms with Crippen LogP contribution in [-0.4, -0.2) is 52.9 Å². The first-order valence-electron chi connectivity index (χ1n) is 17.3. The number of unbranched alkanes of at least 4 members (excludes halogenated alkanes) is 5. The SMILES string of the molecule is C.CCCCCCOCc1ccccc1.Cn1c(C(F)(F)F)[n+](C)c2ccc([N+](=O)[O-])cc21.O=S(=O)([O-])C(F)(F)F.S=C=NCCCCCOCc1ccccc1. The summed E-state index contributed by atoms with van der Waals surface area (Å²) in [6.07, 6.45) is 3.88. The highest BCUT2D eigenvalue weighted by molar-refractivity contribution is 7.86. The van der Waals surface area contributed by atoms with E-state index >= 15 is 0 Å². The first-order valence-corrected chi connectivity index (χ1v) is 19.2. The largest absolute Gasteiger partial charge is 0.741 e. The minimum absolute atomic E-state index is 0. The van der Waals surface area contributed by atoms with Gasteiger partial charge in [0, 0.05) is 25.8 Å². The molecule has 4 aromatic rings. The molecular formula is C38H50F6N4O7S2. The molecular weight excluding hydrogens is 803 g/mol. The first-order chi connectivity index (χ1) is 26.3. The van der Waals surface area contributed by atoms with Gasteiger partial charge in [-0.3, -0.25) is 10.1 Å². The molecule has 0 spiro atoms. The zero-order valence-corrected chi connectivity index (χ0v) is 32.9. The molecule has 3 aromatic carbocycles. The number of aliphatic imine (C=N–C) groups is 1. The summed E-state index contributed by atoms with van der Waals surface area (Å²) >= 11 is 4.48. The normalized spacial score (nSPS) is 11.1. The van der Waals surface area contributed by atoms with Gasteiger partial charge in [0.25, 0.3) is 5.69 Å². The van der Waals surface area contributed by atoms with Crippen molar-refractivity contribution in [3.8, 4) is 0 Å². The monoisotopic (exact) mass is 852 g/mol. The van der Waals surface area contributed by atoms with Crippen LogP contribution in [0.4, 0.5) is 32.0 Å². The maximum Gasteiger partial charge on any atom is 0.495 e. The summed E-state index contributed by atoms with van der Waals surface area (Å²) in [7, 11) is -3.58. The number of alkyl halides is 6. The lowest BCUT2D eigenvalue weighted by Gasteiger charge is -2.08. The molecule has 0 amide bonds. The van der Waals surface area contributed by atoms with E-state index in [9.17, 15) is 36.5 Å². The first kappa shape index (κ1) is 52.7. The molecule has 0 bridgehead atoms. The molecule has 0 radical (unpaired) electrons. The van der Waals surface area contributed by atoms with Crippen molar-refractivity contribution in [3.05, 3.63) is 106 Å². The van der Waals surface area contributed by atoms with E-state index in [2.05, 4.69) is 65.7 Å². The van der Waals surface area contributed by atoms with Crippen molar-refractivity contribution < 1.29 is 58.3 Å². The number of nitro benzene ring substituents is 1. The molecule has 0 aliphatic heterocycles. The maximum absolute atomic E-state index is 12.8. The lowest BCUT2D eigenvalue weighted by molar-refractivity contribution is -0.667. The van der Waals surface area contributed by atoms with Crippen LogP contribution in [0.1, 0.15) is 76.2 Å². The predicted molar refractivity (Wildman–Crippen MR) is 208 cm³/mol. The number of isothiocyanates is 1. The van der Waals surface area contributed by atoms with Crippen molar-refractivity contribution in [3.63, 3.8) is 0 Å². The van der Waals surface area contributed by atoms with Gasteiger partial charge in [-0.1, -0.05) is 94.3 Å². The van der Waals surface area contributed by atoms with E-state index in [1.807, 2.05) is 24.3 Å². The van der Waals surface area contributed by atoms with E-state index < -0.39 is 32.6 Å². The lowest BCUT2D eigenvalue weighted by Crippen LogP contribution is -2.37. The number of rotatable bonds is 16. The van der Waals surface area contributed by atoms with Crippen molar-refractivity contribution >= 4 is 44.2 Å². The molecule has 0 aliphatic carbocycles. The van der Waals surface area contributed by atoms with E-state index in [4.69, 9.17) is 22.4 Å². The van der Waals surface area contributed by atoms with Crippen molar-refractivity contribution in [2.24, 2.45) is 19.1 Å². The third kappa shape index (κ3) is 21.2. The van der Waals surface area contributed by atoms with Gasteiger partial charge in [0.05, 0.1) is 43.5 Å². The molecule has 0 atom stereocenters. The molecule has 0 saturated heterocycles. The fourth-order valence-corrected chi connectivity index (χ4v) is 4.88. The van der Waals surface area contributed by atoms with Crippen molar-refractivity contribution in [1.82, 2.24) is 4.57 Å². The molecule has 0 N–H and O–H groups in total. The molecule has 4 rings (SSSR count). The summed E-state index contributed by atoms with van der Waals surface area (Å²) in [5.74, 6) is -0.863. The Morgan fingerprint density at radius 3 is 1.72 bits per heavy atom. The highest BCUT2D eigenvalue weighted by atomic mass is 32.2. The minimum atomic E-state index is -6.09. The highest BCUT2D eigenvalue weighted by Crippen LogP contribution is 2.30. The van der Waals surface area contributed by atoms with Crippen LogP contribution in [0.3, 0.4) is 0 Å². The molecule has 318 valence electrons. The zero-order valence-electron chi connectivity index (χ0n) is 31.2. The average Bonchev–Trinajstić information content (AvgIpc) is 3.40. The number of aromatic nitrogens is 2. The van der Waals surface area contributed by atoms with Crippen LogP contribution in [0.25, 0.3) is 11.0 Å². The summed E-state index contributed by atoms with van der Waals surface area (Å²) in [4.78, 5) is 13.8. The van der Waals surface area contributed by atoms with Crippen LogP contribution >= 0.6 is 12.2 Å². The molecule has 11 nitrogen and oxygen atoms in total. The summed E-state index contributed by atoms with van der Waals surface area (Å²) < 4.78 is 110. The number of fused-ring (bicyclic) bond motifs is 1. The average molecular weight is 853 g/mol. The number of imidazole rings is 1. The smallest absolute Gasteiger partial charge is 0.495 e. The van der Waals surface area contributed by atoms with Crippen molar-refractivity contribution in [1.29, 1.82) is 0 Å². The molecule has 0 fully saturated rings. The Morgan fingerprint density at radius 1 is 0.842 bits per heavy atom. The maximum atomic E-state index is 12.8. The van der Waals surface area contributed by atoms with E-state index in [1.54, 1.807) is 0 Å². The summed E-state index contributed by atoms with van der Waals surface area (Å²) in [6, 6.07) is 24.2. The van der Waals surface area contributed by atoms with Crippen LogP contribution in [0.2, 0.25) is 0 Å². The van der Waals surface area contributed by atoms with Gasteiger partial charge in [-0.05, 0) is 55.1 Å². The number of nitro groups is 1. The standard InChI is InChI=1S/C13H17NOS.C13H20O.C10H9F3N3O2.CHF3O3S.CH4/c16-12-14-9-5-2-6-10-15-11-13-7-3-1-4-8-13;1-2-3-4-8-11-14-12-13-9-6-5-7-10-13;1-14-7-4-3-6(16(17)18)5-8(7)15(2)9(14)10(11,12)13;2-1(3,4)8(5,6)7;/h1,3-4,7-8H,2,5-6,9-11H2;5-7,9-10H,2-4,8,11-12H2,1H3;3-5H,1-2H3;(H,5,6,7);1H4/q;;+1;;/p-1. The van der Waals surface area contributed by atoms with Gasteiger partial charge in [0.1, 0.15) is 0 Å². The number of thiocarbonyl (C=S) groups is 1. The highest BCUT2D eigenvalue weighted by Gasteiger charge is 2.45. The van der Waals surface area contributed by atoms with Crippen LogP contribution in [-0.2, 0) is 53.1 Å². The van der Waals surface area contributed by atoms with E-state index in [0.717, 1.165) is 60.8 Å². The lowest BCUT2D eigenvalue weighted by atomic mass is 10.2. The Kier molecular flexibility index (Phi) is 25.3. The van der Waals surface area contributed by atoms with Gasteiger partial charge in [0.2, 0.25) is 0 Å². The second-order valence-corrected chi connectivity index (χ2v) is 13.5. The van der Waals surface area contributed by atoms with Crippen LogP contribution in [0, 0.1) is 10.1 Å².